The van der Waals surface area contributed by atoms with E-state index in [9.17, 15) is 9.59 Å². The van der Waals surface area contributed by atoms with E-state index in [0.29, 0.717) is 23.7 Å². The summed E-state index contributed by atoms with van der Waals surface area (Å²) >= 11 is 1.33. The second-order valence-electron chi connectivity index (χ2n) is 7.44. The van der Waals surface area contributed by atoms with Crippen LogP contribution in [0.5, 0.6) is 0 Å². The first-order chi connectivity index (χ1) is 13.9. The molecule has 2 aromatic carbocycles. The van der Waals surface area contributed by atoms with Crippen LogP contribution in [0.2, 0.25) is 0 Å². The SMILES string of the molecule is Cc1cccc(C(=O)Nc2nnc([C@H]3CC(=O)N(c4ccc(C)c(C)c4)C3)s2)c1. The largest absolute Gasteiger partial charge is 0.312 e. The molecule has 1 aromatic heterocycles. The number of anilines is 2. The molecule has 4 rings (SSSR count). The van der Waals surface area contributed by atoms with Crippen molar-refractivity contribution in [2.75, 3.05) is 16.8 Å². The fourth-order valence-corrected chi connectivity index (χ4v) is 4.25. The Morgan fingerprint density at radius 3 is 2.69 bits per heavy atom. The summed E-state index contributed by atoms with van der Waals surface area (Å²) < 4.78 is 0. The van der Waals surface area contributed by atoms with E-state index in [1.807, 2.05) is 55.1 Å². The minimum Gasteiger partial charge on any atom is -0.312 e. The smallest absolute Gasteiger partial charge is 0.257 e. The van der Waals surface area contributed by atoms with Crippen LogP contribution in [-0.4, -0.2) is 28.6 Å². The summed E-state index contributed by atoms with van der Waals surface area (Å²) in [5, 5.41) is 12.4. The van der Waals surface area contributed by atoms with Gasteiger partial charge in [0.2, 0.25) is 11.0 Å². The number of carbonyl (C=O) groups excluding carboxylic acids is 2. The maximum absolute atomic E-state index is 12.6. The molecule has 3 aromatic rings. The highest BCUT2D eigenvalue weighted by molar-refractivity contribution is 7.15. The van der Waals surface area contributed by atoms with Crippen LogP contribution in [0.15, 0.2) is 42.5 Å². The molecular weight excluding hydrogens is 384 g/mol. The average molecular weight is 407 g/mol. The molecule has 148 valence electrons. The lowest BCUT2D eigenvalue weighted by atomic mass is 10.1. The zero-order valence-corrected chi connectivity index (χ0v) is 17.4. The molecule has 6 nitrogen and oxygen atoms in total. The van der Waals surface area contributed by atoms with Gasteiger partial charge in [-0.05, 0) is 56.2 Å². The molecule has 0 saturated carbocycles. The van der Waals surface area contributed by atoms with Gasteiger partial charge in [-0.3, -0.25) is 14.9 Å². The highest BCUT2D eigenvalue weighted by Gasteiger charge is 2.34. The third kappa shape index (κ3) is 4.05. The molecule has 0 spiro atoms. The molecule has 2 heterocycles. The van der Waals surface area contributed by atoms with Gasteiger partial charge in [-0.25, -0.2) is 0 Å². The standard InChI is InChI=1S/C22H22N4O2S/c1-13-5-4-6-16(9-13)20(28)23-22-25-24-21(29-22)17-11-19(27)26(12-17)18-8-7-14(2)15(3)10-18/h4-10,17H,11-12H2,1-3H3,(H,23,25,28)/t17-/m0/s1. The van der Waals surface area contributed by atoms with Gasteiger partial charge >= 0.3 is 0 Å². The van der Waals surface area contributed by atoms with Gasteiger partial charge in [-0.2, -0.15) is 0 Å². The van der Waals surface area contributed by atoms with E-state index in [1.165, 1.54) is 16.9 Å². The van der Waals surface area contributed by atoms with Crippen molar-refractivity contribution in [1.82, 2.24) is 10.2 Å². The molecule has 0 bridgehead atoms. The zero-order chi connectivity index (χ0) is 20.5. The molecule has 1 atom stereocenters. The Morgan fingerprint density at radius 1 is 1.10 bits per heavy atom. The number of rotatable bonds is 4. The molecule has 1 aliphatic rings. The van der Waals surface area contributed by atoms with Gasteiger partial charge in [0.15, 0.2) is 0 Å². The van der Waals surface area contributed by atoms with Crippen molar-refractivity contribution in [3.05, 3.63) is 69.7 Å². The molecule has 1 aliphatic heterocycles. The molecule has 2 amide bonds. The monoisotopic (exact) mass is 406 g/mol. The number of amides is 2. The fraction of sp³-hybridized carbons (Fsp3) is 0.273. The maximum Gasteiger partial charge on any atom is 0.257 e. The van der Waals surface area contributed by atoms with E-state index < -0.39 is 0 Å². The van der Waals surface area contributed by atoms with Gasteiger partial charge < -0.3 is 4.90 Å². The van der Waals surface area contributed by atoms with Crippen molar-refractivity contribution in [1.29, 1.82) is 0 Å². The summed E-state index contributed by atoms with van der Waals surface area (Å²) in [5.74, 6) is -0.152. The molecule has 7 heteroatoms. The van der Waals surface area contributed by atoms with Crippen molar-refractivity contribution >= 4 is 34.0 Å². The van der Waals surface area contributed by atoms with Crippen molar-refractivity contribution in [3.8, 4) is 0 Å². The Bertz CT molecular complexity index is 1090. The van der Waals surface area contributed by atoms with Crippen LogP contribution in [0, 0.1) is 20.8 Å². The van der Waals surface area contributed by atoms with Crippen LogP contribution in [-0.2, 0) is 4.79 Å². The summed E-state index contributed by atoms with van der Waals surface area (Å²) in [5.41, 5.74) is 4.88. The van der Waals surface area contributed by atoms with Crippen molar-refractivity contribution in [2.24, 2.45) is 0 Å². The number of aromatic nitrogens is 2. The number of carbonyl (C=O) groups is 2. The summed E-state index contributed by atoms with van der Waals surface area (Å²) in [4.78, 5) is 26.8. The number of hydrogen-bond acceptors (Lipinski definition) is 5. The van der Waals surface area contributed by atoms with Gasteiger partial charge in [0, 0.05) is 30.1 Å². The molecule has 0 radical (unpaired) electrons. The molecule has 0 unspecified atom stereocenters. The van der Waals surface area contributed by atoms with Crippen molar-refractivity contribution in [3.63, 3.8) is 0 Å². The predicted molar refractivity (Wildman–Crippen MR) is 115 cm³/mol. The first-order valence-electron chi connectivity index (χ1n) is 9.50. The van der Waals surface area contributed by atoms with E-state index in [0.717, 1.165) is 21.8 Å². The highest BCUT2D eigenvalue weighted by atomic mass is 32.1. The molecule has 0 aliphatic carbocycles. The normalized spacial score (nSPS) is 16.3. The Labute approximate surface area is 173 Å². The zero-order valence-electron chi connectivity index (χ0n) is 16.6. The summed E-state index contributed by atoms with van der Waals surface area (Å²) in [6.07, 6.45) is 0.396. The molecule has 1 saturated heterocycles. The van der Waals surface area contributed by atoms with Crippen LogP contribution < -0.4 is 10.2 Å². The van der Waals surface area contributed by atoms with Crippen LogP contribution in [0.3, 0.4) is 0 Å². The lowest BCUT2D eigenvalue weighted by Crippen LogP contribution is -2.24. The summed E-state index contributed by atoms with van der Waals surface area (Å²) in [7, 11) is 0. The number of aryl methyl sites for hydroxylation is 3. The topological polar surface area (TPSA) is 75.2 Å². The second-order valence-corrected chi connectivity index (χ2v) is 8.45. The number of nitrogens with one attached hydrogen (secondary N) is 1. The third-order valence-electron chi connectivity index (χ3n) is 5.22. The first kappa shape index (κ1) is 19.3. The Morgan fingerprint density at radius 2 is 1.93 bits per heavy atom. The second kappa shape index (κ2) is 7.75. The third-order valence-corrected chi connectivity index (χ3v) is 6.22. The van der Waals surface area contributed by atoms with Crippen LogP contribution >= 0.6 is 11.3 Å². The maximum atomic E-state index is 12.6. The lowest BCUT2D eigenvalue weighted by Gasteiger charge is -2.17. The Kier molecular flexibility index (Phi) is 5.15. The van der Waals surface area contributed by atoms with Crippen LogP contribution in [0.1, 0.15) is 44.4 Å². The summed E-state index contributed by atoms with van der Waals surface area (Å²) in [6, 6.07) is 13.4. The summed E-state index contributed by atoms with van der Waals surface area (Å²) in [6.45, 7) is 6.62. The van der Waals surface area contributed by atoms with E-state index >= 15 is 0 Å². The van der Waals surface area contributed by atoms with E-state index in [1.54, 1.807) is 6.07 Å². The van der Waals surface area contributed by atoms with Crippen molar-refractivity contribution < 1.29 is 9.59 Å². The average Bonchev–Trinajstić information content (AvgIpc) is 3.30. The van der Waals surface area contributed by atoms with E-state index in [2.05, 4.69) is 22.4 Å². The first-order valence-corrected chi connectivity index (χ1v) is 10.3. The van der Waals surface area contributed by atoms with Gasteiger partial charge in [0.1, 0.15) is 5.01 Å². The molecule has 29 heavy (non-hydrogen) atoms. The molecular formula is C22H22N4O2S. The van der Waals surface area contributed by atoms with Crippen LogP contribution in [0.4, 0.5) is 10.8 Å². The van der Waals surface area contributed by atoms with E-state index in [-0.39, 0.29) is 17.7 Å². The van der Waals surface area contributed by atoms with E-state index in [4.69, 9.17) is 0 Å². The van der Waals surface area contributed by atoms with Crippen molar-refractivity contribution in [2.45, 2.75) is 33.1 Å². The minimum absolute atomic E-state index is 0.0220. The lowest BCUT2D eigenvalue weighted by molar-refractivity contribution is -0.117. The molecule has 1 N–H and O–H groups in total. The fourth-order valence-electron chi connectivity index (χ4n) is 3.42. The van der Waals surface area contributed by atoms with Gasteiger partial charge in [-0.1, -0.05) is 35.1 Å². The predicted octanol–water partition coefficient (Wildman–Crippen LogP) is 4.24. The number of benzene rings is 2. The quantitative estimate of drug-likeness (QED) is 0.703. The molecule has 1 fully saturated rings. The van der Waals surface area contributed by atoms with Crippen LogP contribution in [0.25, 0.3) is 0 Å². The minimum atomic E-state index is -0.212. The van der Waals surface area contributed by atoms with Gasteiger partial charge in [0.05, 0.1) is 0 Å². The Hall–Kier alpha value is -3.06. The highest BCUT2D eigenvalue weighted by Crippen LogP contribution is 2.34. The van der Waals surface area contributed by atoms with Gasteiger partial charge in [0.25, 0.3) is 5.91 Å². The Balaban J connectivity index is 1.46. The number of nitrogens with zero attached hydrogens (tertiary/aromatic N) is 3. The van der Waals surface area contributed by atoms with Gasteiger partial charge in [-0.15, -0.1) is 10.2 Å². The number of hydrogen-bond donors (Lipinski definition) is 1.